The second kappa shape index (κ2) is 6.40. The Hall–Kier alpha value is -1.20. The van der Waals surface area contributed by atoms with Gasteiger partial charge in [-0.2, -0.15) is 0 Å². The monoisotopic (exact) mass is 225 g/mol. The van der Waals surface area contributed by atoms with Gasteiger partial charge in [0.25, 0.3) is 0 Å². The van der Waals surface area contributed by atoms with Crippen molar-refractivity contribution in [1.29, 1.82) is 0 Å². The third-order valence-corrected chi connectivity index (χ3v) is 2.10. The van der Waals surface area contributed by atoms with Gasteiger partial charge in [0.05, 0.1) is 37.4 Å². The van der Waals surface area contributed by atoms with E-state index in [0.717, 1.165) is 12.4 Å². The predicted octanol–water partition coefficient (Wildman–Crippen LogP) is 0.830. The molecule has 0 aliphatic carbocycles. The molecule has 5 nitrogen and oxygen atoms in total. The highest BCUT2D eigenvalue weighted by Crippen LogP contribution is 2.07. The van der Waals surface area contributed by atoms with Crippen molar-refractivity contribution in [2.45, 2.75) is 26.6 Å². The molecule has 0 aliphatic heterocycles. The third kappa shape index (κ3) is 4.12. The summed E-state index contributed by atoms with van der Waals surface area (Å²) in [6.45, 7) is 5.33. The normalized spacial score (nSPS) is 10.8. The predicted molar refractivity (Wildman–Crippen MR) is 62.3 cm³/mol. The van der Waals surface area contributed by atoms with Crippen molar-refractivity contribution in [3.05, 3.63) is 18.1 Å². The molecule has 0 radical (unpaired) electrons. The van der Waals surface area contributed by atoms with Crippen molar-refractivity contribution in [2.75, 3.05) is 25.1 Å². The minimum Gasteiger partial charge on any atom is -0.390 e. The van der Waals surface area contributed by atoms with Crippen molar-refractivity contribution in [3.8, 4) is 0 Å². The van der Waals surface area contributed by atoms with Crippen LogP contribution in [0.5, 0.6) is 0 Å². The average Bonchev–Trinajstić information content (AvgIpc) is 2.28. The van der Waals surface area contributed by atoms with Gasteiger partial charge in [-0.25, -0.2) is 4.98 Å². The molecule has 1 aromatic heterocycles. The van der Waals surface area contributed by atoms with Gasteiger partial charge >= 0.3 is 0 Å². The zero-order chi connectivity index (χ0) is 12.0. The van der Waals surface area contributed by atoms with E-state index in [1.54, 1.807) is 12.4 Å². The number of hydrogen-bond acceptors (Lipinski definition) is 5. The molecule has 0 aliphatic rings. The lowest BCUT2D eigenvalue weighted by atomic mass is 10.4. The summed E-state index contributed by atoms with van der Waals surface area (Å²) in [7, 11) is 1.93. The first-order chi connectivity index (χ1) is 7.63. The van der Waals surface area contributed by atoms with Gasteiger partial charge in [-0.3, -0.25) is 4.98 Å². The highest BCUT2D eigenvalue weighted by Gasteiger charge is 2.04. The molecule has 0 saturated heterocycles. The maximum atomic E-state index is 8.95. The largest absolute Gasteiger partial charge is 0.390 e. The first-order valence-electron chi connectivity index (χ1n) is 5.38. The molecule has 0 aromatic carbocycles. The minimum atomic E-state index is -0.0861. The van der Waals surface area contributed by atoms with Gasteiger partial charge in [0.2, 0.25) is 0 Å². The van der Waals surface area contributed by atoms with Crippen molar-refractivity contribution in [1.82, 2.24) is 9.97 Å². The highest BCUT2D eigenvalue weighted by molar-refractivity contribution is 5.34. The number of aliphatic hydroxyl groups excluding tert-OH is 1. The van der Waals surface area contributed by atoms with Crippen LogP contribution in [-0.2, 0) is 11.3 Å². The van der Waals surface area contributed by atoms with E-state index in [1.165, 1.54) is 0 Å². The number of aromatic nitrogens is 2. The second-order valence-electron chi connectivity index (χ2n) is 3.87. The van der Waals surface area contributed by atoms with Crippen LogP contribution in [-0.4, -0.2) is 41.4 Å². The SMILES string of the molecule is CC(C)OCCN(C)c1cncc(CO)n1. The third-order valence-electron chi connectivity index (χ3n) is 2.10. The summed E-state index contributed by atoms with van der Waals surface area (Å²) >= 11 is 0. The summed E-state index contributed by atoms with van der Waals surface area (Å²) in [6.07, 6.45) is 3.47. The summed E-state index contributed by atoms with van der Waals surface area (Å²) in [6, 6.07) is 0. The van der Waals surface area contributed by atoms with Crippen LogP contribution in [0.4, 0.5) is 5.82 Å². The zero-order valence-electron chi connectivity index (χ0n) is 10.1. The fourth-order valence-corrected chi connectivity index (χ4v) is 1.19. The highest BCUT2D eigenvalue weighted by atomic mass is 16.5. The second-order valence-corrected chi connectivity index (χ2v) is 3.87. The van der Waals surface area contributed by atoms with Gasteiger partial charge in [0.1, 0.15) is 5.82 Å². The molecule has 1 aromatic rings. The van der Waals surface area contributed by atoms with Crippen molar-refractivity contribution >= 4 is 5.82 Å². The molecular formula is C11H19N3O2. The van der Waals surface area contributed by atoms with Gasteiger partial charge in [-0.05, 0) is 13.8 Å². The maximum absolute atomic E-state index is 8.95. The Morgan fingerprint density at radius 2 is 2.19 bits per heavy atom. The topological polar surface area (TPSA) is 58.5 Å². The molecule has 0 atom stereocenters. The van der Waals surface area contributed by atoms with Crippen LogP contribution in [0, 0.1) is 0 Å². The summed E-state index contributed by atoms with van der Waals surface area (Å²) in [4.78, 5) is 10.2. The first kappa shape index (κ1) is 12.9. The van der Waals surface area contributed by atoms with Crippen molar-refractivity contribution < 1.29 is 9.84 Å². The van der Waals surface area contributed by atoms with E-state index < -0.39 is 0 Å². The molecule has 1 rings (SSSR count). The quantitative estimate of drug-likeness (QED) is 0.777. The number of rotatable bonds is 6. The van der Waals surface area contributed by atoms with Crippen LogP contribution in [0.3, 0.4) is 0 Å². The molecule has 1 N–H and O–H groups in total. The van der Waals surface area contributed by atoms with Crippen LogP contribution < -0.4 is 4.90 Å². The van der Waals surface area contributed by atoms with Gasteiger partial charge < -0.3 is 14.7 Å². The maximum Gasteiger partial charge on any atom is 0.147 e. The van der Waals surface area contributed by atoms with Crippen LogP contribution in [0.15, 0.2) is 12.4 Å². The lowest BCUT2D eigenvalue weighted by Gasteiger charge is -2.18. The van der Waals surface area contributed by atoms with Crippen LogP contribution in [0.1, 0.15) is 19.5 Å². The molecule has 16 heavy (non-hydrogen) atoms. The zero-order valence-corrected chi connectivity index (χ0v) is 10.1. The number of likely N-dealkylation sites (N-methyl/N-ethyl adjacent to an activating group) is 1. The number of ether oxygens (including phenoxy) is 1. The molecule has 0 unspecified atom stereocenters. The first-order valence-corrected chi connectivity index (χ1v) is 5.38. The molecule has 1 heterocycles. The van der Waals surface area contributed by atoms with Gasteiger partial charge in [0, 0.05) is 13.6 Å². The molecular weight excluding hydrogens is 206 g/mol. The summed E-state index contributed by atoms with van der Waals surface area (Å²) in [5.41, 5.74) is 0.578. The number of anilines is 1. The lowest BCUT2D eigenvalue weighted by Crippen LogP contribution is -2.25. The molecule has 0 fully saturated rings. The van der Waals surface area contributed by atoms with E-state index in [-0.39, 0.29) is 12.7 Å². The Morgan fingerprint density at radius 1 is 1.44 bits per heavy atom. The fourth-order valence-electron chi connectivity index (χ4n) is 1.19. The van der Waals surface area contributed by atoms with Gasteiger partial charge in [-0.1, -0.05) is 0 Å². The minimum absolute atomic E-state index is 0.0861. The molecule has 0 bridgehead atoms. The van der Waals surface area contributed by atoms with Crippen LogP contribution >= 0.6 is 0 Å². The summed E-state index contributed by atoms with van der Waals surface area (Å²) < 4.78 is 5.45. The Kier molecular flexibility index (Phi) is 5.14. The standard InChI is InChI=1S/C11H19N3O2/c1-9(2)16-5-4-14(3)11-7-12-6-10(8-15)13-11/h6-7,9,15H,4-5,8H2,1-3H3. The molecule has 0 amide bonds. The van der Waals surface area contributed by atoms with E-state index in [9.17, 15) is 0 Å². The van der Waals surface area contributed by atoms with Crippen LogP contribution in [0.2, 0.25) is 0 Å². The summed E-state index contributed by atoms with van der Waals surface area (Å²) in [5.74, 6) is 0.749. The lowest BCUT2D eigenvalue weighted by molar-refractivity contribution is 0.0845. The summed E-state index contributed by atoms with van der Waals surface area (Å²) in [5, 5.41) is 8.95. The molecule has 0 spiro atoms. The Bertz CT molecular complexity index is 318. The van der Waals surface area contributed by atoms with E-state index in [0.29, 0.717) is 12.3 Å². The Morgan fingerprint density at radius 3 is 2.81 bits per heavy atom. The fraction of sp³-hybridized carbons (Fsp3) is 0.636. The number of nitrogens with zero attached hydrogens (tertiary/aromatic N) is 3. The Labute approximate surface area is 96.1 Å². The molecule has 90 valence electrons. The van der Waals surface area contributed by atoms with Crippen molar-refractivity contribution in [3.63, 3.8) is 0 Å². The van der Waals surface area contributed by atoms with E-state index in [4.69, 9.17) is 9.84 Å². The van der Waals surface area contributed by atoms with Crippen molar-refractivity contribution in [2.24, 2.45) is 0 Å². The Balaban J connectivity index is 2.48. The van der Waals surface area contributed by atoms with Crippen LogP contribution in [0.25, 0.3) is 0 Å². The smallest absolute Gasteiger partial charge is 0.147 e. The molecule has 0 saturated carbocycles. The average molecular weight is 225 g/mol. The van der Waals surface area contributed by atoms with Gasteiger partial charge in [0.15, 0.2) is 0 Å². The molecule has 5 heteroatoms. The van der Waals surface area contributed by atoms with E-state index >= 15 is 0 Å². The number of hydrogen-bond donors (Lipinski definition) is 1. The van der Waals surface area contributed by atoms with Gasteiger partial charge in [-0.15, -0.1) is 0 Å². The number of aliphatic hydroxyl groups is 1. The van der Waals surface area contributed by atoms with E-state index in [2.05, 4.69) is 9.97 Å². The van der Waals surface area contributed by atoms with E-state index in [1.807, 2.05) is 25.8 Å².